The second kappa shape index (κ2) is 7.47. The van der Waals surface area contributed by atoms with E-state index >= 15 is 0 Å². The van der Waals surface area contributed by atoms with E-state index in [-0.39, 0.29) is 17.9 Å². The summed E-state index contributed by atoms with van der Waals surface area (Å²) in [6.45, 7) is 2.07. The molecule has 1 saturated heterocycles. The summed E-state index contributed by atoms with van der Waals surface area (Å²) in [6, 6.07) is 2.70. The van der Waals surface area contributed by atoms with E-state index in [4.69, 9.17) is 0 Å². The Morgan fingerprint density at radius 3 is 2.85 bits per heavy atom. The monoisotopic (exact) mass is 356 g/mol. The lowest BCUT2D eigenvalue weighted by Crippen LogP contribution is -2.49. The van der Waals surface area contributed by atoms with Crippen LogP contribution in [-0.4, -0.2) is 49.4 Å². The van der Waals surface area contributed by atoms with Crippen LogP contribution in [0.15, 0.2) is 29.3 Å². The molecule has 26 heavy (non-hydrogen) atoms. The quantitative estimate of drug-likeness (QED) is 0.849. The molecule has 2 aromatic rings. The second-order valence-electron chi connectivity index (χ2n) is 6.33. The number of hydrogen-bond acceptors (Lipinski definition) is 5. The molecule has 0 saturated carbocycles. The molecule has 8 heteroatoms. The number of aromatic nitrogens is 3. The summed E-state index contributed by atoms with van der Waals surface area (Å²) in [6.07, 6.45) is 5.04. The van der Waals surface area contributed by atoms with Gasteiger partial charge >= 0.3 is 5.97 Å². The highest BCUT2D eigenvalue weighted by Crippen LogP contribution is 2.19. The fourth-order valence-corrected chi connectivity index (χ4v) is 3.20. The Labute approximate surface area is 149 Å². The first-order valence-corrected chi connectivity index (χ1v) is 8.50. The van der Waals surface area contributed by atoms with Crippen molar-refractivity contribution in [1.82, 2.24) is 19.9 Å². The lowest BCUT2D eigenvalue weighted by molar-refractivity contribution is -0.151. The van der Waals surface area contributed by atoms with Crippen molar-refractivity contribution in [2.75, 3.05) is 6.54 Å². The Bertz CT molecular complexity index is 879. The number of aryl methyl sites for hydroxylation is 1. The molecule has 1 aliphatic heterocycles. The van der Waals surface area contributed by atoms with Crippen LogP contribution in [0.5, 0.6) is 0 Å². The minimum Gasteiger partial charge on any atom is -0.480 e. The molecule has 0 aliphatic carbocycles. The average Bonchev–Trinajstić information content (AvgIpc) is 2.65. The van der Waals surface area contributed by atoms with E-state index in [9.17, 15) is 19.5 Å². The van der Waals surface area contributed by atoms with Gasteiger partial charge in [-0.25, -0.2) is 9.78 Å². The summed E-state index contributed by atoms with van der Waals surface area (Å²) in [5.74, 6) is -0.978. The minimum atomic E-state index is -1.01. The zero-order chi connectivity index (χ0) is 18.7. The summed E-state index contributed by atoms with van der Waals surface area (Å²) < 4.78 is 0. The SMILES string of the molecule is Cc1nc(-c2cccnc2)[nH]c(=O)c1CC(=O)N1CCCCC1C(=O)O. The predicted octanol–water partition coefficient (Wildman–Crippen LogP) is 1.15. The van der Waals surface area contributed by atoms with Gasteiger partial charge in [0.1, 0.15) is 11.9 Å². The third kappa shape index (κ3) is 3.63. The van der Waals surface area contributed by atoms with Crippen LogP contribution in [0.2, 0.25) is 0 Å². The predicted molar refractivity (Wildman–Crippen MR) is 93.5 cm³/mol. The number of aliphatic carboxylic acids is 1. The van der Waals surface area contributed by atoms with Gasteiger partial charge in [-0.05, 0) is 38.3 Å². The van der Waals surface area contributed by atoms with E-state index in [0.29, 0.717) is 30.0 Å². The molecule has 8 nitrogen and oxygen atoms in total. The van der Waals surface area contributed by atoms with Crippen LogP contribution < -0.4 is 5.56 Å². The van der Waals surface area contributed by atoms with E-state index in [1.807, 2.05) is 0 Å². The number of carbonyl (C=O) groups is 2. The maximum Gasteiger partial charge on any atom is 0.326 e. The molecule has 1 aliphatic rings. The van der Waals surface area contributed by atoms with Crippen LogP contribution >= 0.6 is 0 Å². The first kappa shape index (κ1) is 17.8. The fourth-order valence-electron chi connectivity index (χ4n) is 3.20. The van der Waals surface area contributed by atoms with Crippen molar-refractivity contribution < 1.29 is 14.7 Å². The number of likely N-dealkylation sites (tertiary alicyclic amines) is 1. The molecular weight excluding hydrogens is 336 g/mol. The summed E-state index contributed by atoms with van der Waals surface area (Å²) >= 11 is 0. The molecule has 2 aromatic heterocycles. The van der Waals surface area contributed by atoms with Gasteiger partial charge < -0.3 is 15.0 Å². The Kier molecular flexibility index (Phi) is 5.11. The zero-order valence-corrected chi connectivity index (χ0v) is 14.4. The number of carboxylic acid groups (broad SMARTS) is 1. The molecule has 1 fully saturated rings. The first-order chi connectivity index (χ1) is 12.5. The molecular formula is C18H20N4O4. The van der Waals surface area contributed by atoms with Crippen LogP contribution in [-0.2, 0) is 16.0 Å². The highest BCUT2D eigenvalue weighted by atomic mass is 16.4. The van der Waals surface area contributed by atoms with Crippen molar-refractivity contribution in [3.63, 3.8) is 0 Å². The van der Waals surface area contributed by atoms with Crippen molar-refractivity contribution >= 4 is 11.9 Å². The smallest absolute Gasteiger partial charge is 0.326 e. The molecule has 0 bridgehead atoms. The average molecular weight is 356 g/mol. The van der Waals surface area contributed by atoms with E-state index in [0.717, 1.165) is 12.8 Å². The van der Waals surface area contributed by atoms with Crippen molar-refractivity contribution in [2.24, 2.45) is 0 Å². The summed E-state index contributed by atoms with van der Waals surface area (Å²) in [7, 11) is 0. The number of amides is 1. The topological polar surface area (TPSA) is 116 Å². The number of carboxylic acids is 1. The molecule has 2 N–H and O–H groups in total. The third-order valence-electron chi connectivity index (χ3n) is 4.59. The van der Waals surface area contributed by atoms with E-state index < -0.39 is 17.6 Å². The van der Waals surface area contributed by atoms with Gasteiger partial charge in [-0.15, -0.1) is 0 Å². The maximum absolute atomic E-state index is 12.6. The highest BCUT2D eigenvalue weighted by Gasteiger charge is 2.32. The van der Waals surface area contributed by atoms with Crippen LogP contribution in [0.1, 0.15) is 30.5 Å². The molecule has 136 valence electrons. The van der Waals surface area contributed by atoms with E-state index in [1.165, 1.54) is 4.90 Å². The highest BCUT2D eigenvalue weighted by molar-refractivity contribution is 5.85. The lowest BCUT2D eigenvalue weighted by Gasteiger charge is -2.33. The number of nitrogens with zero attached hydrogens (tertiary/aromatic N) is 3. The summed E-state index contributed by atoms with van der Waals surface area (Å²) in [5.41, 5.74) is 0.989. The Hall–Kier alpha value is -3.03. The molecule has 1 amide bonds. The van der Waals surface area contributed by atoms with Crippen LogP contribution in [0, 0.1) is 6.92 Å². The number of carbonyl (C=O) groups excluding carboxylic acids is 1. The summed E-state index contributed by atoms with van der Waals surface area (Å²) in [4.78, 5) is 48.9. The summed E-state index contributed by atoms with van der Waals surface area (Å²) in [5, 5.41) is 9.32. The second-order valence-corrected chi connectivity index (χ2v) is 6.33. The van der Waals surface area contributed by atoms with Crippen LogP contribution in [0.25, 0.3) is 11.4 Å². The van der Waals surface area contributed by atoms with Crippen molar-refractivity contribution in [3.8, 4) is 11.4 Å². The Morgan fingerprint density at radius 2 is 2.19 bits per heavy atom. The van der Waals surface area contributed by atoms with Gasteiger partial charge in [0.15, 0.2) is 0 Å². The number of rotatable bonds is 4. The number of piperidine rings is 1. The van der Waals surface area contributed by atoms with Gasteiger partial charge in [0.25, 0.3) is 5.56 Å². The number of nitrogens with one attached hydrogen (secondary N) is 1. The van der Waals surface area contributed by atoms with Gasteiger partial charge in [-0.2, -0.15) is 0 Å². The van der Waals surface area contributed by atoms with Gasteiger partial charge in [0, 0.05) is 35.8 Å². The molecule has 1 atom stereocenters. The van der Waals surface area contributed by atoms with Crippen LogP contribution in [0.3, 0.4) is 0 Å². The molecule has 0 radical (unpaired) electrons. The Balaban J connectivity index is 1.85. The molecule has 3 heterocycles. The van der Waals surface area contributed by atoms with E-state index in [1.54, 1.807) is 31.5 Å². The van der Waals surface area contributed by atoms with Gasteiger partial charge in [-0.3, -0.25) is 14.6 Å². The van der Waals surface area contributed by atoms with Gasteiger partial charge in [0.05, 0.1) is 6.42 Å². The van der Waals surface area contributed by atoms with Crippen molar-refractivity contribution in [2.45, 2.75) is 38.6 Å². The molecule has 1 unspecified atom stereocenters. The standard InChI is InChI=1S/C18H20N4O4/c1-11-13(9-15(23)22-8-3-2-6-14(22)18(25)26)17(24)21-16(20-11)12-5-4-7-19-10-12/h4-5,7,10,14H,2-3,6,8-9H2,1H3,(H,25,26)(H,20,21,24). The lowest BCUT2D eigenvalue weighted by atomic mass is 10.0. The van der Waals surface area contributed by atoms with E-state index in [2.05, 4.69) is 15.0 Å². The Morgan fingerprint density at radius 1 is 1.38 bits per heavy atom. The largest absolute Gasteiger partial charge is 0.480 e. The molecule has 0 aromatic carbocycles. The van der Waals surface area contributed by atoms with Gasteiger partial charge in [-0.1, -0.05) is 0 Å². The number of hydrogen-bond donors (Lipinski definition) is 2. The van der Waals surface area contributed by atoms with Crippen molar-refractivity contribution in [1.29, 1.82) is 0 Å². The minimum absolute atomic E-state index is 0.161. The molecule has 0 spiro atoms. The normalized spacial score (nSPS) is 17.1. The zero-order valence-electron chi connectivity index (χ0n) is 14.4. The number of aromatic amines is 1. The number of H-pyrrole nitrogens is 1. The van der Waals surface area contributed by atoms with Crippen molar-refractivity contribution in [3.05, 3.63) is 46.1 Å². The fraction of sp³-hybridized carbons (Fsp3) is 0.389. The molecule has 3 rings (SSSR count). The van der Waals surface area contributed by atoms with Gasteiger partial charge in [0.2, 0.25) is 5.91 Å². The first-order valence-electron chi connectivity index (χ1n) is 8.50. The third-order valence-corrected chi connectivity index (χ3v) is 4.59. The maximum atomic E-state index is 12.6. The van der Waals surface area contributed by atoms with Crippen LogP contribution in [0.4, 0.5) is 0 Å². The number of pyridine rings is 1.